The molecule has 4 heteroatoms. The number of nitrogens with one attached hydrogen (secondary N) is 1. The van der Waals surface area contributed by atoms with E-state index in [1.807, 2.05) is 22.6 Å². The minimum Gasteiger partial charge on any atom is -0.329 e. The van der Waals surface area contributed by atoms with E-state index < -0.39 is 0 Å². The zero-order chi connectivity index (χ0) is 8.27. The number of anilines is 1. The summed E-state index contributed by atoms with van der Waals surface area (Å²) in [5, 5.41) is 2.42. The summed E-state index contributed by atoms with van der Waals surface area (Å²) in [6.07, 6.45) is 0.559. The van der Waals surface area contributed by atoms with Crippen LogP contribution < -0.4 is 5.32 Å². The van der Waals surface area contributed by atoms with E-state index in [1.54, 1.807) is 6.07 Å². The fourth-order valence-corrected chi connectivity index (χ4v) is 1.17. The highest BCUT2D eigenvalue weighted by atomic mass is 127. The standard InChI is InChI=1S/C7H5FINO/c8-6-2-1-5(10-4-11)3-7(6)9/h1-4H,(H,10,11). The van der Waals surface area contributed by atoms with Crippen LogP contribution in [-0.4, -0.2) is 6.41 Å². The van der Waals surface area contributed by atoms with Gasteiger partial charge in [0.15, 0.2) is 0 Å². The Hall–Kier alpha value is -0.650. The number of benzene rings is 1. The molecule has 0 aromatic heterocycles. The maximum Gasteiger partial charge on any atom is 0.211 e. The van der Waals surface area contributed by atoms with Crippen LogP contribution in [0.15, 0.2) is 18.2 Å². The van der Waals surface area contributed by atoms with Crippen molar-refractivity contribution in [1.82, 2.24) is 0 Å². The molecule has 1 N–H and O–H groups in total. The third-order valence-corrected chi connectivity index (χ3v) is 1.97. The molecule has 1 aromatic rings. The van der Waals surface area contributed by atoms with Gasteiger partial charge in [0.2, 0.25) is 6.41 Å². The minimum atomic E-state index is -0.276. The average Bonchev–Trinajstić information content (AvgIpc) is 1.98. The summed E-state index contributed by atoms with van der Waals surface area (Å²) in [6, 6.07) is 4.38. The molecule has 0 saturated carbocycles. The second-order valence-electron chi connectivity index (χ2n) is 1.89. The number of carbonyl (C=O) groups excluding carboxylic acids is 1. The Labute approximate surface area is 76.9 Å². The van der Waals surface area contributed by atoms with Gasteiger partial charge >= 0.3 is 0 Å². The summed E-state index contributed by atoms with van der Waals surface area (Å²) in [5.74, 6) is -0.276. The number of amides is 1. The summed E-state index contributed by atoms with van der Waals surface area (Å²) in [7, 11) is 0. The Morgan fingerprint density at radius 3 is 2.82 bits per heavy atom. The van der Waals surface area contributed by atoms with Crippen molar-refractivity contribution in [3.8, 4) is 0 Å². The van der Waals surface area contributed by atoms with Gasteiger partial charge in [-0.25, -0.2) is 4.39 Å². The van der Waals surface area contributed by atoms with E-state index in [1.165, 1.54) is 12.1 Å². The van der Waals surface area contributed by atoms with Crippen LogP contribution in [0.3, 0.4) is 0 Å². The van der Waals surface area contributed by atoms with Gasteiger partial charge in [0, 0.05) is 5.69 Å². The number of hydrogen-bond donors (Lipinski definition) is 1. The molecular formula is C7H5FINO. The van der Waals surface area contributed by atoms with Crippen molar-refractivity contribution in [2.75, 3.05) is 5.32 Å². The molecule has 11 heavy (non-hydrogen) atoms. The largest absolute Gasteiger partial charge is 0.329 e. The van der Waals surface area contributed by atoms with Crippen molar-refractivity contribution in [2.45, 2.75) is 0 Å². The van der Waals surface area contributed by atoms with Gasteiger partial charge in [-0.15, -0.1) is 0 Å². The Morgan fingerprint density at radius 2 is 2.27 bits per heavy atom. The summed E-state index contributed by atoms with van der Waals surface area (Å²) in [4.78, 5) is 9.96. The lowest BCUT2D eigenvalue weighted by molar-refractivity contribution is -0.105. The SMILES string of the molecule is O=CNc1ccc(F)c(I)c1. The molecule has 0 fully saturated rings. The van der Waals surface area contributed by atoms with Crippen molar-refractivity contribution in [2.24, 2.45) is 0 Å². The quantitative estimate of drug-likeness (QED) is 0.643. The molecule has 0 aliphatic rings. The van der Waals surface area contributed by atoms with E-state index in [2.05, 4.69) is 5.32 Å². The molecule has 0 spiro atoms. The van der Waals surface area contributed by atoms with Crippen LogP contribution in [-0.2, 0) is 4.79 Å². The van der Waals surface area contributed by atoms with E-state index >= 15 is 0 Å². The first kappa shape index (κ1) is 8.45. The van der Waals surface area contributed by atoms with Crippen molar-refractivity contribution < 1.29 is 9.18 Å². The van der Waals surface area contributed by atoms with E-state index in [0.717, 1.165) is 0 Å². The molecule has 0 radical (unpaired) electrons. The van der Waals surface area contributed by atoms with Crippen LogP contribution in [0.1, 0.15) is 0 Å². The van der Waals surface area contributed by atoms with Crippen LogP contribution >= 0.6 is 22.6 Å². The van der Waals surface area contributed by atoms with E-state index in [-0.39, 0.29) is 5.82 Å². The van der Waals surface area contributed by atoms with Gasteiger partial charge in [-0.3, -0.25) is 4.79 Å². The van der Waals surface area contributed by atoms with Gasteiger partial charge in [-0.1, -0.05) is 0 Å². The highest BCUT2D eigenvalue weighted by Gasteiger charge is 1.98. The zero-order valence-electron chi connectivity index (χ0n) is 5.47. The van der Waals surface area contributed by atoms with Gasteiger partial charge in [-0.2, -0.15) is 0 Å². The van der Waals surface area contributed by atoms with Gasteiger partial charge in [-0.05, 0) is 40.8 Å². The van der Waals surface area contributed by atoms with Gasteiger partial charge in [0.05, 0.1) is 3.57 Å². The first-order valence-electron chi connectivity index (χ1n) is 2.89. The molecule has 58 valence electrons. The molecule has 1 aromatic carbocycles. The lowest BCUT2D eigenvalue weighted by Crippen LogP contribution is -1.94. The predicted octanol–water partition coefficient (Wildman–Crippen LogP) is 2.00. The van der Waals surface area contributed by atoms with Crippen molar-refractivity contribution >= 4 is 34.7 Å². The van der Waals surface area contributed by atoms with Gasteiger partial charge < -0.3 is 5.32 Å². The Bertz CT molecular complexity index is 277. The van der Waals surface area contributed by atoms with E-state index in [0.29, 0.717) is 15.7 Å². The molecule has 0 aliphatic heterocycles. The van der Waals surface area contributed by atoms with Crippen LogP contribution in [0, 0.1) is 9.39 Å². The number of hydrogen-bond acceptors (Lipinski definition) is 1. The van der Waals surface area contributed by atoms with Crippen molar-refractivity contribution in [3.63, 3.8) is 0 Å². The maximum atomic E-state index is 12.6. The highest BCUT2D eigenvalue weighted by molar-refractivity contribution is 14.1. The molecule has 0 atom stereocenters. The Morgan fingerprint density at radius 1 is 1.55 bits per heavy atom. The van der Waals surface area contributed by atoms with E-state index in [9.17, 15) is 9.18 Å². The maximum absolute atomic E-state index is 12.6. The minimum absolute atomic E-state index is 0.276. The van der Waals surface area contributed by atoms with Gasteiger partial charge in [0.1, 0.15) is 5.82 Å². The van der Waals surface area contributed by atoms with Crippen molar-refractivity contribution in [3.05, 3.63) is 27.6 Å². The van der Waals surface area contributed by atoms with Crippen LogP contribution in [0.2, 0.25) is 0 Å². The number of halogens is 2. The second-order valence-corrected chi connectivity index (χ2v) is 3.05. The van der Waals surface area contributed by atoms with Gasteiger partial charge in [0.25, 0.3) is 0 Å². The molecule has 2 nitrogen and oxygen atoms in total. The zero-order valence-corrected chi connectivity index (χ0v) is 7.63. The first-order chi connectivity index (χ1) is 5.24. The fourth-order valence-electron chi connectivity index (χ4n) is 0.654. The van der Waals surface area contributed by atoms with Crippen LogP contribution in [0.25, 0.3) is 0 Å². The third kappa shape index (κ3) is 2.14. The molecular weight excluding hydrogens is 260 g/mol. The summed E-state index contributed by atoms with van der Waals surface area (Å²) >= 11 is 1.86. The second kappa shape index (κ2) is 3.66. The lowest BCUT2D eigenvalue weighted by atomic mass is 10.3. The molecule has 0 bridgehead atoms. The molecule has 0 saturated heterocycles. The van der Waals surface area contributed by atoms with E-state index in [4.69, 9.17) is 0 Å². The summed E-state index contributed by atoms with van der Waals surface area (Å²) in [5.41, 5.74) is 0.603. The summed E-state index contributed by atoms with van der Waals surface area (Å²) < 4.78 is 13.1. The van der Waals surface area contributed by atoms with Crippen LogP contribution in [0.4, 0.5) is 10.1 Å². The summed E-state index contributed by atoms with van der Waals surface area (Å²) in [6.45, 7) is 0. The van der Waals surface area contributed by atoms with Crippen LogP contribution in [0.5, 0.6) is 0 Å². The molecule has 0 aliphatic carbocycles. The first-order valence-corrected chi connectivity index (χ1v) is 3.97. The lowest BCUT2D eigenvalue weighted by Gasteiger charge is -1.98. The average molecular weight is 265 g/mol. The molecule has 0 heterocycles. The van der Waals surface area contributed by atoms with Crippen molar-refractivity contribution in [1.29, 1.82) is 0 Å². The topological polar surface area (TPSA) is 29.1 Å². The molecule has 1 rings (SSSR count). The Balaban J connectivity index is 2.95. The third-order valence-electron chi connectivity index (χ3n) is 1.15. The smallest absolute Gasteiger partial charge is 0.211 e. The molecule has 1 amide bonds. The molecule has 0 unspecified atom stereocenters. The number of rotatable bonds is 2. The monoisotopic (exact) mass is 265 g/mol. The highest BCUT2D eigenvalue weighted by Crippen LogP contribution is 2.15. The number of carbonyl (C=O) groups is 1. The fraction of sp³-hybridized carbons (Fsp3) is 0. The Kier molecular flexibility index (Phi) is 2.81. The normalized spacial score (nSPS) is 9.27. The predicted molar refractivity (Wildman–Crippen MR) is 48.8 cm³/mol.